The number of aliphatic carboxylic acids is 1. The fourth-order valence-electron chi connectivity index (χ4n) is 1.94. The van der Waals surface area contributed by atoms with Gasteiger partial charge in [0.2, 0.25) is 0 Å². The van der Waals surface area contributed by atoms with E-state index in [0.29, 0.717) is 13.0 Å². The molecule has 2 amide bonds. The Labute approximate surface area is 123 Å². The number of carboxylic acids is 1. The van der Waals surface area contributed by atoms with E-state index in [4.69, 9.17) is 5.11 Å². The van der Waals surface area contributed by atoms with Crippen molar-refractivity contribution in [3.63, 3.8) is 0 Å². The summed E-state index contributed by atoms with van der Waals surface area (Å²) < 4.78 is 12.8. The van der Waals surface area contributed by atoms with Gasteiger partial charge >= 0.3 is 12.0 Å². The molecule has 0 aliphatic heterocycles. The molecule has 0 radical (unpaired) electrons. The van der Waals surface area contributed by atoms with Crippen LogP contribution in [0.5, 0.6) is 0 Å². The number of carbonyl (C=O) groups is 2. The van der Waals surface area contributed by atoms with Gasteiger partial charge in [-0.3, -0.25) is 4.79 Å². The molecule has 0 saturated carbocycles. The number of nitrogens with one attached hydrogen (secondary N) is 2. The Balaban J connectivity index is 2.30. The quantitative estimate of drug-likeness (QED) is 0.721. The molecule has 0 heterocycles. The molecule has 0 aliphatic carbocycles. The SMILES string of the molecule is CC(CNC(=O)NC(C)Cc1ccc(F)cc1)CC(=O)O. The van der Waals surface area contributed by atoms with Crippen molar-refractivity contribution in [1.82, 2.24) is 10.6 Å². The maximum atomic E-state index is 12.8. The van der Waals surface area contributed by atoms with Crippen LogP contribution in [0.3, 0.4) is 0 Å². The standard InChI is InChI=1S/C15H21FN2O3/c1-10(7-14(19)20)9-17-15(21)18-11(2)8-12-3-5-13(16)6-4-12/h3-6,10-11H,7-9H2,1-2H3,(H,19,20)(H2,17,18,21). The predicted octanol–water partition coefficient (Wildman–Crippen LogP) is 2.17. The van der Waals surface area contributed by atoms with E-state index in [1.165, 1.54) is 12.1 Å². The minimum Gasteiger partial charge on any atom is -0.481 e. The highest BCUT2D eigenvalue weighted by Crippen LogP contribution is 2.05. The van der Waals surface area contributed by atoms with E-state index in [-0.39, 0.29) is 30.2 Å². The molecule has 5 nitrogen and oxygen atoms in total. The molecule has 2 atom stereocenters. The van der Waals surface area contributed by atoms with E-state index in [2.05, 4.69) is 10.6 Å². The summed E-state index contributed by atoms with van der Waals surface area (Å²) in [7, 11) is 0. The fraction of sp³-hybridized carbons (Fsp3) is 0.467. The lowest BCUT2D eigenvalue weighted by Gasteiger charge is -2.16. The molecule has 0 fully saturated rings. The van der Waals surface area contributed by atoms with Crippen LogP contribution in [0.1, 0.15) is 25.8 Å². The van der Waals surface area contributed by atoms with Gasteiger partial charge in [-0.1, -0.05) is 19.1 Å². The fourth-order valence-corrected chi connectivity index (χ4v) is 1.94. The summed E-state index contributed by atoms with van der Waals surface area (Å²) in [5, 5.41) is 14.0. The first-order valence-electron chi connectivity index (χ1n) is 6.87. The third-order valence-corrected chi connectivity index (χ3v) is 2.97. The summed E-state index contributed by atoms with van der Waals surface area (Å²) in [5.74, 6) is -1.29. The summed E-state index contributed by atoms with van der Waals surface area (Å²) in [4.78, 5) is 22.2. The van der Waals surface area contributed by atoms with Crippen molar-refractivity contribution in [3.8, 4) is 0 Å². The number of halogens is 1. The Bertz CT molecular complexity index is 476. The van der Waals surface area contributed by atoms with E-state index in [1.54, 1.807) is 19.1 Å². The lowest BCUT2D eigenvalue weighted by Crippen LogP contribution is -2.43. The topological polar surface area (TPSA) is 78.4 Å². The molecule has 1 aromatic carbocycles. The third-order valence-electron chi connectivity index (χ3n) is 2.97. The van der Waals surface area contributed by atoms with Gasteiger partial charge in [0, 0.05) is 19.0 Å². The minimum absolute atomic E-state index is 0.0193. The maximum Gasteiger partial charge on any atom is 0.315 e. The second kappa shape index (κ2) is 8.24. The molecular weight excluding hydrogens is 275 g/mol. The van der Waals surface area contributed by atoms with Crippen molar-refractivity contribution in [2.24, 2.45) is 5.92 Å². The van der Waals surface area contributed by atoms with Gasteiger partial charge in [0.1, 0.15) is 5.82 Å². The molecule has 0 aliphatic rings. The highest BCUT2D eigenvalue weighted by Gasteiger charge is 2.11. The zero-order valence-electron chi connectivity index (χ0n) is 12.2. The van der Waals surface area contributed by atoms with Crippen molar-refractivity contribution in [3.05, 3.63) is 35.6 Å². The zero-order valence-corrected chi connectivity index (χ0v) is 12.2. The smallest absolute Gasteiger partial charge is 0.315 e. The number of rotatable bonds is 7. The van der Waals surface area contributed by atoms with Gasteiger partial charge in [-0.15, -0.1) is 0 Å². The van der Waals surface area contributed by atoms with Crippen LogP contribution in [-0.4, -0.2) is 29.7 Å². The Hall–Kier alpha value is -2.11. The molecule has 6 heteroatoms. The molecular formula is C15H21FN2O3. The molecule has 0 aromatic heterocycles. The van der Waals surface area contributed by atoms with Crippen LogP contribution in [-0.2, 0) is 11.2 Å². The number of benzene rings is 1. The van der Waals surface area contributed by atoms with Crippen LogP contribution in [0.2, 0.25) is 0 Å². The van der Waals surface area contributed by atoms with E-state index in [9.17, 15) is 14.0 Å². The van der Waals surface area contributed by atoms with Crippen molar-refractivity contribution >= 4 is 12.0 Å². The van der Waals surface area contributed by atoms with Crippen LogP contribution < -0.4 is 10.6 Å². The summed E-state index contributed by atoms with van der Waals surface area (Å²) >= 11 is 0. The van der Waals surface area contributed by atoms with Crippen LogP contribution in [0.25, 0.3) is 0 Å². The van der Waals surface area contributed by atoms with E-state index in [1.807, 2.05) is 6.92 Å². The molecule has 116 valence electrons. The molecule has 0 saturated heterocycles. The summed E-state index contributed by atoms with van der Waals surface area (Å²) in [6.45, 7) is 3.92. The van der Waals surface area contributed by atoms with Gasteiger partial charge in [-0.25, -0.2) is 9.18 Å². The van der Waals surface area contributed by atoms with Crippen molar-refractivity contribution in [2.75, 3.05) is 6.54 Å². The summed E-state index contributed by atoms with van der Waals surface area (Å²) in [5.41, 5.74) is 0.934. The van der Waals surface area contributed by atoms with Gasteiger partial charge in [-0.2, -0.15) is 0 Å². The molecule has 0 bridgehead atoms. The average Bonchev–Trinajstić information content (AvgIpc) is 2.38. The first kappa shape index (κ1) is 16.9. The predicted molar refractivity (Wildman–Crippen MR) is 77.5 cm³/mol. The molecule has 2 unspecified atom stereocenters. The number of amides is 2. The van der Waals surface area contributed by atoms with Crippen LogP contribution >= 0.6 is 0 Å². The van der Waals surface area contributed by atoms with Gasteiger partial charge in [0.05, 0.1) is 0 Å². The maximum absolute atomic E-state index is 12.8. The number of urea groups is 1. The number of hydrogen-bond donors (Lipinski definition) is 3. The zero-order chi connectivity index (χ0) is 15.8. The van der Waals surface area contributed by atoms with E-state index < -0.39 is 5.97 Å². The first-order chi connectivity index (χ1) is 9.86. The largest absolute Gasteiger partial charge is 0.481 e. The lowest BCUT2D eigenvalue weighted by molar-refractivity contribution is -0.137. The minimum atomic E-state index is -0.880. The molecule has 1 rings (SSSR count). The Morgan fingerprint density at radius 3 is 2.43 bits per heavy atom. The average molecular weight is 296 g/mol. The normalized spacial score (nSPS) is 13.3. The highest BCUT2D eigenvalue weighted by atomic mass is 19.1. The van der Waals surface area contributed by atoms with Crippen molar-refractivity contribution < 1.29 is 19.1 Å². The Morgan fingerprint density at radius 1 is 1.24 bits per heavy atom. The van der Waals surface area contributed by atoms with Crippen molar-refractivity contribution in [2.45, 2.75) is 32.7 Å². The second-order valence-corrected chi connectivity index (χ2v) is 5.29. The number of carbonyl (C=O) groups excluding carboxylic acids is 1. The number of hydrogen-bond acceptors (Lipinski definition) is 2. The lowest BCUT2D eigenvalue weighted by atomic mass is 10.1. The van der Waals surface area contributed by atoms with E-state index >= 15 is 0 Å². The van der Waals surface area contributed by atoms with Crippen LogP contribution in [0, 0.1) is 11.7 Å². The van der Waals surface area contributed by atoms with Crippen LogP contribution in [0.4, 0.5) is 9.18 Å². The molecule has 21 heavy (non-hydrogen) atoms. The van der Waals surface area contributed by atoms with Gasteiger partial charge in [0.15, 0.2) is 0 Å². The molecule has 0 spiro atoms. The number of carboxylic acid groups (broad SMARTS) is 1. The summed E-state index contributed by atoms with van der Waals surface area (Å²) in [6.07, 6.45) is 0.615. The van der Waals surface area contributed by atoms with Crippen molar-refractivity contribution in [1.29, 1.82) is 0 Å². The highest BCUT2D eigenvalue weighted by molar-refractivity contribution is 5.74. The van der Waals surface area contributed by atoms with E-state index in [0.717, 1.165) is 5.56 Å². The first-order valence-corrected chi connectivity index (χ1v) is 6.87. The Morgan fingerprint density at radius 2 is 1.86 bits per heavy atom. The van der Waals surface area contributed by atoms with Gasteiger partial charge in [-0.05, 0) is 37.0 Å². The van der Waals surface area contributed by atoms with Gasteiger partial charge in [0.25, 0.3) is 0 Å². The summed E-state index contributed by atoms with van der Waals surface area (Å²) in [6, 6.07) is 5.69. The Kier molecular flexibility index (Phi) is 6.65. The second-order valence-electron chi connectivity index (χ2n) is 5.29. The molecule has 3 N–H and O–H groups in total. The third kappa shape index (κ3) is 7.29. The molecule has 1 aromatic rings. The monoisotopic (exact) mass is 296 g/mol. The van der Waals surface area contributed by atoms with Crippen LogP contribution in [0.15, 0.2) is 24.3 Å². The van der Waals surface area contributed by atoms with Gasteiger partial charge < -0.3 is 15.7 Å².